The zero-order valence-corrected chi connectivity index (χ0v) is 12.8. The third-order valence-electron chi connectivity index (χ3n) is 2.93. The average Bonchev–Trinajstić information content (AvgIpc) is 2.42. The average molecular weight is 299 g/mol. The quantitative estimate of drug-likeness (QED) is 0.766. The van der Waals surface area contributed by atoms with Crippen LogP contribution in [0.15, 0.2) is 16.9 Å². The topological polar surface area (TPSA) is 84.2 Å². The fraction of sp³-hybridized carbons (Fsp3) is 0.615. The third kappa shape index (κ3) is 4.35. The van der Waals surface area contributed by atoms with E-state index in [9.17, 15) is 14.7 Å². The summed E-state index contributed by atoms with van der Waals surface area (Å²) in [5, 5.41) is 16.0. The number of nitrogens with one attached hydrogen (secondary N) is 1. The van der Waals surface area contributed by atoms with Crippen molar-refractivity contribution >= 4 is 17.7 Å². The molecule has 20 heavy (non-hydrogen) atoms. The molecule has 0 aliphatic heterocycles. The van der Waals surface area contributed by atoms with Crippen molar-refractivity contribution in [1.82, 2.24) is 15.1 Å². The first-order chi connectivity index (χ1) is 9.53. The lowest BCUT2D eigenvalue weighted by Crippen LogP contribution is -2.42. The van der Waals surface area contributed by atoms with Gasteiger partial charge in [-0.2, -0.15) is 16.9 Å². The second-order valence-electron chi connectivity index (χ2n) is 4.50. The molecule has 0 radical (unpaired) electrons. The molecule has 2 unspecified atom stereocenters. The molecule has 0 saturated heterocycles. The molecule has 2 N–H and O–H groups in total. The first-order valence-corrected chi connectivity index (χ1v) is 7.85. The van der Waals surface area contributed by atoms with Gasteiger partial charge in [0, 0.05) is 23.9 Å². The Balaban J connectivity index is 2.82. The van der Waals surface area contributed by atoms with Gasteiger partial charge in [-0.15, -0.1) is 0 Å². The van der Waals surface area contributed by atoms with Crippen LogP contribution in [-0.2, 0) is 6.54 Å². The minimum atomic E-state index is -0.338. The maximum Gasteiger partial charge on any atom is 0.271 e. The van der Waals surface area contributed by atoms with Crippen molar-refractivity contribution in [2.45, 2.75) is 38.1 Å². The lowest BCUT2D eigenvalue weighted by molar-refractivity contribution is 0.0928. The number of carbonyl (C=O) groups is 1. The van der Waals surface area contributed by atoms with Gasteiger partial charge in [0.1, 0.15) is 5.69 Å². The highest BCUT2D eigenvalue weighted by Gasteiger charge is 2.19. The molecule has 0 bridgehead atoms. The molecule has 112 valence electrons. The van der Waals surface area contributed by atoms with Crippen molar-refractivity contribution in [2.75, 3.05) is 12.9 Å². The molecule has 0 aliphatic rings. The van der Waals surface area contributed by atoms with Gasteiger partial charge >= 0.3 is 0 Å². The number of aliphatic hydroxyl groups excluding tert-OH is 1. The minimum Gasteiger partial charge on any atom is -0.395 e. The lowest BCUT2D eigenvalue weighted by Gasteiger charge is -2.21. The Kier molecular flexibility index (Phi) is 6.74. The van der Waals surface area contributed by atoms with E-state index < -0.39 is 0 Å². The Morgan fingerprint density at radius 2 is 2.25 bits per heavy atom. The molecule has 1 aromatic heterocycles. The summed E-state index contributed by atoms with van der Waals surface area (Å²) in [5.41, 5.74) is -0.00325. The Bertz CT molecular complexity index is 500. The molecule has 6 nitrogen and oxygen atoms in total. The van der Waals surface area contributed by atoms with Crippen molar-refractivity contribution in [3.63, 3.8) is 0 Å². The minimum absolute atomic E-state index is 0.00856. The molecule has 0 aromatic carbocycles. The highest BCUT2D eigenvalue weighted by Crippen LogP contribution is 2.10. The fourth-order valence-corrected chi connectivity index (χ4v) is 2.38. The highest BCUT2D eigenvalue weighted by atomic mass is 32.2. The van der Waals surface area contributed by atoms with Crippen molar-refractivity contribution in [2.24, 2.45) is 0 Å². The van der Waals surface area contributed by atoms with Crippen LogP contribution in [0.1, 0.15) is 30.8 Å². The van der Waals surface area contributed by atoms with Crippen LogP contribution in [-0.4, -0.2) is 44.9 Å². The van der Waals surface area contributed by atoms with Gasteiger partial charge in [-0.3, -0.25) is 9.59 Å². The molecule has 1 heterocycles. The molecule has 0 saturated carbocycles. The Morgan fingerprint density at radius 3 is 2.80 bits per heavy atom. The number of aromatic nitrogens is 2. The largest absolute Gasteiger partial charge is 0.395 e. The van der Waals surface area contributed by atoms with E-state index in [1.165, 1.54) is 28.6 Å². The van der Waals surface area contributed by atoms with E-state index in [1.807, 2.05) is 20.1 Å². The Labute approximate surface area is 122 Å². The fourth-order valence-electron chi connectivity index (χ4n) is 1.75. The summed E-state index contributed by atoms with van der Waals surface area (Å²) in [5.74, 6) is -0.338. The number of nitrogens with zero attached hydrogens (tertiary/aromatic N) is 2. The van der Waals surface area contributed by atoms with E-state index >= 15 is 0 Å². The van der Waals surface area contributed by atoms with Crippen LogP contribution in [0, 0.1) is 0 Å². The zero-order chi connectivity index (χ0) is 15.1. The normalized spacial score (nSPS) is 13.8. The van der Waals surface area contributed by atoms with E-state index in [4.69, 9.17) is 0 Å². The van der Waals surface area contributed by atoms with Gasteiger partial charge in [0.2, 0.25) is 0 Å². The van der Waals surface area contributed by atoms with Crippen LogP contribution in [0.3, 0.4) is 0 Å². The van der Waals surface area contributed by atoms with Gasteiger partial charge in [-0.05, 0) is 25.7 Å². The number of aryl methyl sites for hydroxylation is 1. The van der Waals surface area contributed by atoms with Crippen LogP contribution in [0.4, 0.5) is 0 Å². The van der Waals surface area contributed by atoms with Gasteiger partial charge in [0.15, 0.2) is 0 Å². The van der Waals surface area contributed by atoms with Gasteiger partial charge < -0.3 is 10.4 Å². The number of rotatable bonds is 7. The van der Waals surface area contributed by atoms with Crippen LogP contribution in [0.5, 0.6) is 0 Å². The van der Waals surface area contributed by atoms with Crippen molar-refractivity contribution in [1.29, 1.82) is 0 Å². The van der Waals surface area contributed by atoms with Crippen molar-refractivity contribution in [3.8, 4) is 0 Å². The summed E-state index contributed by atoms with van der Waals surface area (Å²) < 4.78 is 1.29. The summed E-state index contributed by atoms with van der Waals surface area (Å²) in [4.78, 5) is 23.6. The first-order valence-electron chi connectivity index (χ1n) is 6.56. The smallest absolute Gasteiger partial charge is 0.271 e. The molecule has 1 rings (SSSR count). The monoisotopic (exact) mass is 299 g/mol. The van der Waals surface area contributed by atoms with E-state index in [-0.39, 0.29) is 35.1 Å². The Hall–Kier alpha value is -1.34. The maximum absolute atomic E-state index is 12.1. The first kappa shape index (κ1) is 16.7. The summed E-state index contributed by atoms with van der Waals surface area (Å²) in [7, 11) is 0. The maximum atomic E-state index is 12.1. The summed E-state index contributed by atoms with van der Waals surface area (Å²) in [6.07, 6.45) is 2.65. The van der Waals surface area contributed by atoms with Crippen LogP contribution < -0.4 is 10.9 Å². The van der Waals surface area contributed by atoms with E-state index in [0.29, 0.717) is 6.54 Å². The van der Waals surface area contributed by atoms with Gasteiger partial charge in [-0.1, -0.05) is 6.92 Å². The summed E-state index contributed by atoms with van der Waals surface area (Å²) >= 11 is 1.49. The predicted octanol–water partition coefficient (Wildman–Crippen LogP) is 0.495. The molecular weight excluding hydrogens is 278 g/mol. The molecule has 1 amide bonds. The standard InChI is InChI=1S/C13H21N3O3S/c1-4-7-16-12(18)6-5-10(15-16)13(19)14-9(2)11(8-17)20-3/h5-6,9,11,17H,4,7-8H2,1-3H3,(H,14,19). The SMILES string of the molecule is CCCn1nc(C(=O)NC(C)C(CO)SC)ccc1=O. The van der Waals surface area contributed by atoms with E-state index in [1.54, 1.807) is 0 Å². The van der Waals surface area contributed by atoms with Gasteiger partial charge in [0.25, 0.3) is 11.5 Å². The molecule has 7 heteroatoms. The predicted molar refractivity (Wildman–Crippen MR) is 80.1 cm³/mol. The number of hydrogen-bond donors (Lipinski definition) is 2. The van der Waals surface area contributed by atoms with E-state index in [2.05, 4.69) is 10.4 Å². The molecular formula is C13H21N3O3S. The number of aliphatic hydroxyl groups is 1. The molecule has 2 atom stereocenters. The summed E-state index contributed by atoms with van der Waals surface area (Å²) in [6.45, 7) is 4.25. The van der Waals surface area contributed by atoms with E-state index in [0.717, 1.165) is 6.42 Å². The third-order valence-corrected chi connectivity index (χ3v) is 4.10. The molecule has 0 aliphatic carbocycles. The molecule has 1 aromatic rings. The summed E-state index contributed by atoms with van der Waals surface area (Å²) in [6, 6.07) is 2.58. The van der Waals surface area contributed by atoms with Crippen molar-refractivity contribution < 1.29 is 9.90 Å². The second-order valence-corrected chi connectivity index (χ2v) is 5.58. The number of amides is 1. The Morgan fingerprint density at radius 1 is 1.55 bits per heavy atom. The van der Waals surface area contributed by atoms with Crippen LogP contribution >= 0.6 is 11.8 Å². The molecule has 0 spiro atoms. The highest BCUT2D eigenvalue weighted by molar-refractivity contribution is 7.99. The van der Waals surface area contributed by atoms with Crippen LogP contribution in [0.2, 0.25) is 0 Å². The number of carbonyl (C=O) groups excluding carboxylic acids is 1. The van der Waals surface area contributed by atoms with Crippen LogP contribution in [0.25, 0.3) is 0 Å². The van der Waals surface area contributed by atoms with Gasteiger partial charge in [-0.25, -0.2) is 4.68 Å². The van der Waals surface area contributed by atoms with Gasteiger partial charge in [0.05, 0.1) is 6.61 Å². The number of thioether (sulfide) groups is 1. The lowest BCUT2D eigenvalue weighted by atomic mass is 10.2. The zero-order valence-electron chi connectivity index (χ0n) is 12.0. The number of hydrogen-bond acceptors (Lipinski definition) is 5. The van der Waals surface area contributed by atoms with Crippen molar-refractivity contribution in [3.05, 3.63) is 28.2 Å². The second kappa shape index (κ2) is 8.06. The molecule has 0 fully saturated rings.